The van der Waals surface area contributed by atoms with Gasteiger partial charge in [0.2, 0.25) is 11.8 Å². The molecular formula is C15H18N4O2. The summed E-state index contributed by atoms with van der Waals surface area (Å²) in [6.07, 6.45) is 0. The Morgan fingerprint density at radius 3 is 2.86 bits per heavy atom. The number of piperazine rings is 1. The van der Waals surface area contributed by atoms with Gasteiger partial charge >= 0.3 is 0 Å². The fraction of sp³-hybridized carbons (Fsp3) is 0.400. The minimum absolute atomic E-state index is 0.0207. The van der Waals surface area contributed by atoms with Gasteiger partial charge in [-0.05, 0) is 25.1 Å². The van der Waals surface area contributed by atoms with Crippen molar-refractivity contribution in [3.63, 3.8) is 0 Å². The predicted octanol–water partition coefficient (Wildman–Crippen LogP) is 0.659. The highest BCUT2D eigenvalue weighted by atomic mass is 16.2. The zero-order chi connectivity index (χ0) is 15.4. The maximum absolute atomic E-state index is 12.2. The number of rotatable bonds is 3. The van der Waals surface area contributed by atoms with Crippen LogP contribution in [0.2, 0.25) is 0 Å². The molecule has 0 aromatic heterocycles. The van der Waals surface area contributed by atoms with E-state index in [1.807, 2.05) is 11.0 Å². The minimum atomic E-state index is -0.395. The van der Waals surface area contributed by atoms with Gasteiger partial charge in [-0.25, -0.2) is 0 Å². The first kappa shape index (κ1) is 15.0. The lowest BCUT2D eigenvalue weighted by atomic mass is 10.2. The van der Waals surface area contributed by atoms with Gasteiger partial charge in [-0.3, -0.25) is 14.5 Å². The Morgan fingerprint density at radius 2 is 2.19 bits per heavy atom. The number of hydrogen-bond acceptors (Lipinski definition) is 4. The summed E-state index contributed by atoms with van der Waals surface area (Å²) in [5, 5.41) is 11.6. The highest BCUT2D eigenvalue weighted by Crippen LogP contribution is 2.12. The van der Waals surface area contributed by atoms with Crippen LogP contribution in [0.5, 0.6) is 0 Å². The SMILES string of the molecule is CC(C(=O)Nc1cccc(C#N)c1)N1CCN(C)C(=O)C1. The van der Waals surface area contributed by atoms with Crippen molar-refractivity contribution in [1.29, 1.82) is 5.26 Å². The molecule has 0 aliphatic carbocycles. The Morgan fingerprint density at radius 1 is 1.43 bits per heavy atom. The highest BCUT2D eigenvalue weighted by Gasteiger charge is 2.28. The van der Waals surface area contributed by atoms with Crippen LogP contribution < -0.4 is 5.32 Å². The molecule has 1 N–H and O–H groups in total. The molecule has 1 fully saturated rings. The largest absolute Gasteiger partial charge is 0.343 e. The fourth-order valence-corrected chi connectivity index (χ4v) is 2.19. The Kier molecular flexibility index (Phi) is 4.55. The number of nitriles is 1. The first-order chi connectivity index (χ1) is 10.0. The number of nitrogens with zero attached hydrogens (tertiary/aromatic N) is 3. The standard InChI is InChI=1S/C15H18N4O2/c1-11(19-7-6-18(2)14(20)10-19)15(21)17-13-5-3-4-12(8-13)9-16/h3-5,8,11H,6-7,10H2,1-2H3,(H,17,21). The van der Waals surface area contributed by atoms with Gasteiger partial charge in [-0.15, -0.1) is 0 Å². The van der Waals surface area contributed by atoms with Gasteiger partial charge < -0.3 is 10.2 Å². The van der Waals surface area contributed by atoms with Crippen molar-refractivity contribution in [3.8, 4) is 6.07 Å². The molecule has 2 amide bonds. The number of benzene rings is 1. The van der Waals surface area contributed by atoms with E-state index in [0.29, 0.717) is 24.3 Å². The van der Waals surface area contributed by atoms with Crippen molar-refractivity contribution in [3.05, 3.63) is 29.8 Å². The molecule has 0 saturated carbocycles. The van der Waals surface area contributed by atoms with E-state index in [-0.39, 0.29) is 18.4 Å². The average molecular weight is 286 g/mol. The third-order valence-corrected chi connectivity index (χ3v) is 3.67. The van der Waals surface area contributed by atoms with E-state index in [0.717, 1.165) is 0 Å². The number of likely N-dealkylation sites (N-methyl/N-ethyl adjacent to an activating group) is 1. The van der Waals surface area contributed by atoms with Crippen LogP contribution >= 0.6 is 0 Å². The first-order valence-corrected chi connectivity index (χ1v) is 6.80. The van der Waals surface area contributed by atoms with Crippen molar-refractivity contribution in [1.82, 2.24) is 9.80 Å². The molecule has 1 unspecified atom stereocenters. The summed E-state index contributed by atoms with van der Waals surface area (Å²) in [6.45, 7) is 3.33. The molecule has 6 heteroatoms. The fourth-order valence-electron chi connectivity index (χ4n) is 2.19. The van der Waals surface area contributed by atoms with Crippen LogP contribution in [0.1, 0.15) is 12.5 Å². The summed E-state index contributed by atoms with van der Waals surface area (Å²) in [6, 6.07) is 8.40. The van der Waals surface area contributed by atoms with Crippen LogP contribution in [0.15, 0.2) is 24.3 Å². The highest BCUT2D eigenvalue weighted by molar-refractivity contribution is 5.95. The Bertz CT molecular complexity index is 594. The molecule has 2 rings (SSSR count). The summed E-state index contributed by atoms with van der Waals surface area (Å²) in [5.41, 5.74) is 1.08. The average Bonchev–Trinajstić information content (AvgIpc) is 2.49. The number of amides is 2. The zero-order valence-electron chi connectivity index (χ0n) is 12.2. The van der Waals surface area contributed by atoms with E-state index in [4.69, 9.17) is 5.26 Å². The van der Waals surface area contributed by atoms with Gasteiger partial charge in [-0.1, -0.05) is 6.07 Å². The number of nitrogens with one attached hydrogen (secondary N) is 1. The van der Waals surface area contributed by atoms with Crippen LogP contribution in [0.3, 0.4) is 0 Å². The lowest BCUT2D eigenvalue weighted by Crippen LogP contribution is -2.54. The molecule has 1 aromatic rings. The number of carbonyl (C=O) groups is 2. The van der Waals surface area contributed by atoms with Gasteiger partial charge in [0.25, 0.3) is 0 Å². The summed E-state index contributed by atoms with van der Waals surface area (Å²) in [4.78, 5) is 27.4. The molecule has 1 aliphatic heterocycles. The molecule has 1 aliphatic rings. The quantitative estimate of drug-likeness (QED) is 0.885. The number of carbonyl (C=O) groups excluding carboxylic acids is 2. The predicted molar refractivity (Wildman–Crippen MR) is 78.5 cm³/mol. The smallest absolute Gasteiger partial charge is 0.241 e. The van der Waals surface area contributed by atoms with Crippen LogP contribution in [-0.2, 0) is 9.59 Å². The molecule has 0 spiro atoms. The maximum Gasteiger partial charge on any atom is 0.241 e. The van der Waals surface area contributed by atoms with Crippen molar-refractivity contribution >= 4 is 17.5 Å². The third-order valence-electron chi connectivity index (χ3n) is 3.67. The molecular weight excluding hydrogens is 268 g/mol. The van der Waals surface area contributed by atoms with Crippen LogP contribution in [-0.4, -0.2) is 54.3 Å². The second kappa shape index (κ2) is 6.37. The van der Waals surface area contributed by atoms with Crippen molar-refractivity contribution in [2.75, 3.05) is 32.0 Å². The number of hydrogen-bond donors (Lipinski definition) is 1. The van der Waals surface area contributed by atoms with E-state index in [2.05, 4.69) is 5.32 Å². The van der Waals surface area contributed by atoms with Crippen LogP contribution in [0.4, 0.5) is 5.69 Å². The van der Waals surface area contributed by atoms with E-state index in [1.54, 1.807) is 43.1 Å². The summed E-state index contributed by atoms with van der Waals surface area (Å²) < 4.78 is 0. The Balaban J connectivity index is 1.99. The lowest BCUT2D eigenvalue weighted by Gasteiger charge is -2.35. The third kappa shape index (κ3) is 3.58. The van der Waals surface area contributed by atoms with E-state index >= 15 is 0 Å². The topological polar surface area (TPSA) is 76.4 Å². The molecule has 0 bridgehead atoms. The van der Waals surface area contributed by atoms with Gasteiger partial charge in [0.15, 0.2) is 0 Å². The van der Waals surface area contributed by atoms with E-state index in [1.165, 1.54) is 0 Å². The zero-order valence-corrected chi connectivity index (χ0v) is 12.2. The molecule has 1 heterocycles. The molecule has 0 radical (unpaired) electrons. The van der Waals surface area contributed by atoms with Gasteiger partial charge in [-0.2, -0.15) is 5.26 Å². The summed E-state index contributed by atoms with van der Waals surface area (Å²) in [5.74, 6) is -0.158. The normalized spacial score (nSPS) is 17.2. The molecule has 1 saturated heterocycles. The van der Waals surface area contributed by atoms with Crippen molar-refractivity contribution in [2.24, 2.45) is 0 Å². The molecule has 21 heavy (non-hydrogen) atoms. The van der Waals surface area contributed by atoms with Gasteiger partial charge in [0.1, 0.15) is 0 Å². The minimum Gasteiger partial charge on any atom is -0.343 e. The van der Waals surface area contributed by atoms with Gasteiger partial charge in [0, 0.05) is 25.8 Å². The number of anilines is 1. The Labute approximate surface area is 123 Å². The molecule has 1 aromatic carbocycles. The van der Waals surface area contributed by atoms with Crippen LogP contribution in [0, 0.1) is 11.3 Å². The van der Waals surface area contributed by atoms with E-state index in [9.17, 15) is 9.59 Å². The lowest BCUT2D eigenvalue weighted by molar-refractivity contribution is -0.136. The van der Waals surface area contributed by atoms with Gasteiger partial charge in [0.05, 0.1) is 24.2 Å². The Hall–Kier alpha value is -2.39. The summed E-state index contributed by atoms with van der Waals surface area (Å²) in [7, 11) is 1.76. The second-order valence-corrected chi connectivity index (χ2v) is 5.14. The van der Waals surface area contributed by atoms with Crippen molar-refractivity contribution < 1.29 is 9.59 Å². The monoisotopic (exact) mass is 286 g/mol. The van der Waals surface area contributed by atoms with E-state index < -0.39 is 6.04 Å². The maximum atomic E-state index is 12.2. The molecule has 1 atom stereocenters. The second-order valence-electron chi connectivity index (χ2n) is 5.14. The summed E-state index contributed by atoms with van der Waals surface area (Å²) >= 11 is 0. The van der Waals surface area contributed by atoms with Crippen molar-refractivity contribution in [2.45, 2.75) is 13.0 Å². The molecule has 6 nitrogen and oxygen atoms in total. The molecule has 110 valence electrons. The first-order valence-electron chi connectivity index (χ1n) is 6.80. The van der Waals surface area contributed by atoms with Crippen LogP contribution in [0.25, 0.3) is 0 Å².